The lowest BCUT2D eigenvalue weighted by atomic mass is 10.3. The monoisotopic (exact) mass is 270 g/mol. The van der Waals surface area contributed by atoms with E-state index in [0.717, 1.165) is 23.9 Å². The molecule has 0 unspecified atom stereocenters. The second kappa shape index (κ2) is 4.61. The lowest BCUT2D eigenvalue weighted by Crippen LogP contribution is -2.12. The van der Waals surface area contributed by atoms with Crippen LogP contribution in [0.3, 0.4) is 0 Å². The van der Waals surface area contributed by atoms with Crippen LogP contribution in [0.4, 0.5) is 10.1 Å². The first kappa shape index (κ1) is 12.3. The Kier molecular flexibility index (Phi) is 3.15. The Labute approximate surface area is 104 Å². The maximum Gasteiger partial charge on any atom is 0.343 e. The van der Waals surface area contributed by atoms with Gasteiger partial charge in [-0.15, -0.1) is 5.10 Å². The molecule has 0 aliphatic rings. The Balaban J connectivity index is 2.37. The van der Waals surface area contributed by atoms with Crippen molar-refractivity contribution in [3.8, 4) is 0 Å². The number of aromatic nitrogens is 3. The van der Waals surface area contributed by atoms with Crippen LogP contribution in [0.2, 0.25) is 0 Å². The predicted octanol–water partition coefficient (Wildman–Crippen LogP) is 1.31. The van der Waals surface area contributed by atoms with Crippen LogP contribution in [0.15, 0.2) is 33.0 Å². The number of nitrogens with one attached hydrogen (secondary N) is 1. The maximum absolute atomic E-state index is 13.2. The lowest BCUT2D eigenvalue weighted by Gasteiger charge is -2.00. The molecule has 0 aliphatic heterocycles. The van der Waals surface area contributed by atoms with Crippen molar-refractivity contribution in [1.82, 2.24) is 14.8 Å². The number of halogens is 1. The Hall–Kier alpha value is -2.16. The van der Waals surface area contributed by atoms with Crippen LogP contribution in [0.25, 0.3) is 0 Å². The smallest absolute Gasteiger partial charge is 0.273 e. The SMILES string of the molecule is Cn1c(Sc2cc(F)cc([N+](=O)[O-])c2)n[nH]c1=O. The average molecular weight is 270 g/mol. The number of nitro groups is 1. The van der Waals surface area contributed by atoms with E-state index >= 15 is 0 Å². The molecule has 94 valence electrons. The van der Waals surface area contributed by atoms with Crippen LogP contribution in [-0.2, 0) is 7.05 Å². The zero-order valence-electron chi connectivity index (χ0n) is 9.08. The Morgan fingerprint density at radius 3 is 2.78 bits per heavy atom. The first-order chi connectivity index (χ1) is 8.47. The number of nitro benzene ring substituents is 1. The van der Waals surface area contributed by atoms with Crippen LogP contribution in [0.1, 0.15) is 0 Å². The van der Waals surface area contributed by atoms with E-state index < -0.39 is 16.4 Å². The van der Waals surface area contributed by atoms with E-state index in [1.807, 2.05) is 0 Å². The molecule has 2 rings (SSSR count). The van der Waals surface area contributed by atoms with Gasteiger partial charge < -0.3 is 0 Å². The van der Waals surface area contributed by atoms with Crippen molar-refractivity contribution >= 4 is 17.4 Å². The molecular formula is C9H7FN4O3S. The quantitative estimate of drug-likeness (QED) is 0.670. The van der Waals surface area contributed by atoms with Crippen molar-refractivity contribution in [2.75, 3.05) is 0 Å². The van der Waals surface area contributed by atoms with Gasteiger partial charge in [0, 0.05) is 18.0 Å². The van der Waals surface area contributed by atoms with Crippen LogP contribution in [-0.4, -0.2) is 19.7 Å². The molecule has 0 saturated heterocycles. The van der Waals surface area contributed by atoms with Gasteiger partial charge >= 0.3 is 5.69 Å². The minimum Gasteiger partial charge on any atom is -0.273 e. The molecule has 9 heteroatoms. The van der Waals surface area contributed by atoms with E-state index in [1.165, 1.54) is 17.7 Å². The number of aromatic amines is 1. The van der Waals surface area contributed by atoms with Crippen LogP contribution in [0, 0.1) is 15.9 Å². The van der Waals surface area contributed by atoms with Crippen molar-refractivity contribution in [3.63, 3.8) is 0 Å². The summed E-state index contributed by atoms with van der Waals surface area (Å²) < 4.78 is 14.4. The molecule has 1 aromatic carbocycles. The van der Waals surface area contributed by atoms with Crippen molar-refractivity contribution in [1.29, 1.82) is 0 Å². The van der Waals surface area contributed by atoms with E-state index in [0.29, 0.717) is 10.1 Å². The highest BCUT2D eigenvalue weighted by molar-refractivity contribution is 7.99. The molecule has 0 atom stereocenters. The summed E-state index contributed by atoms with van der Waals surface area (Å²) in [6, 6.07) is 3.18. The molecule has 7 nitrogen and oxygen atoms in total. The molecule has 0 amide bonds. The van der Waals surface area contributed by atoms with Gasteiger partial charge in [-0.3, -0.25) is 14.7 Å². The second-order valence-corrected chi connectivity index (χ2v) is 4.42. The summed E-state index contributed by atoms with van der Waals surface area (Å²) in [5.41, 5.74) is -0.763. The fourth-order valence-corrected chi connectivity index (χ4v) is 2.11. The normalized spacial score (nSPS) is 10.6. The molecular weight excluding hydrogens is 263 g/mol. The van der Waals surface area contributed by atoms with Crippen molar-refractivity contribution in [3.05, 3.63) is 44.6 Å². The first-order valence-corrected chi connectivity index (χ1v) is 5.53. The summed E-state index contributed by atoms with van der Waals surface area (Å²) in [5.74, 6) is -0.716. The third-order valence-corrected chi connectivity index (χ3v) is 3.13. The third-order valence-electron chi connectivity index (χ3n) is 2.11. The first-order valence-electron chi connectivity index (χ1n) is 4.71. The molecule has 0 bridgehead atoms. The summed E-state index contributed by atoms with van der Waals surface area (Å²) in [5, 5.41) is 16.8. The summed E-state index contributed by atoms with van der Waals surface area (Å²) >= 11 is 0.957. The molecule has 0 aliphatic carbocycles. The average Bonchev–Trinajstić information content (AvgIpc) is 2.60. The van der Waals surface area contributed by atoms with Gasteiger partial charge in [0.15, 0.2) is 5.16 Å². The van der Waals surface area contributed by atoms with Gasteiger partial charge in [0.05, 0.1) is 11.0 Å². The number of hydrogen-bond donors (Lipinski definition) is 1. The van der Waals surface area contributed by atoms with Crippen LogP contribution in [0.5, 0.6) is 0 Å². The van der Waals surface area contributed by atoms with E-state index in [1.54, 1.807) is 0 Å². The fraction of sp³-hybridized carbons (Fsp3) is 0.111. The zero-order chi connectivity index (χ0) is 13.3. The summed E-state index contributed by atoms with van der Waals surface area (Å²) in [6.45, 7) is 0. The van der Waals surface area contributed by atoms with Gasteiger partial charge in [-0.05, 0) is 17.8 Å². The molecule has 2 aromatic rings. The van der Waals surface area contributed by atoms with Gasteiger partial charge in [-0.1, -0.05) is 0 Å². The molecule has 0 fully saturated rings. The number of hydrogen-bond acceptors (Lipinski definition) is 5. The molecule has 0 saturated carbocycles. The molecule has 0 radical (unpaired) electrons. The van der Waals surface area contributed by atoms with E-state index in [-0.39, 0.29) is 5.69 Å². The second-order valence-electron chi connectivity index (χ2n) is 3.37. The Morgan fingerprint density at radius 1 is 1.50 bits per heavy atom. The van der Waals surface area contributed by atoms with Crippen molar-refractivity contribution in [2.45, 2.75) is 10.1 Å². The number of H-pyrrole nitrogens is 1. The summed E-state index contributed by atoms with van der Waals surface area (Å²) in [6.07, 6.45) is 0. The van der Waals surface area contributed by atoms with Crippen LogP contribution >= 0.6 is 11.8 Å². The Morgan fingerprint density at radius 2 is 2.22 bits per heavy atom. The summed E-state index contributed by atoms with van der Waals surface area (Å²) in [7, 11) is 1.49. The zero-order valence-corrected chi connectivity index (χ0v) is 9.90. The maximum atomic E-state index is 13.2. The van der Waals surface area contributed by atoms with Gasteiger partial charge in [0.2, 0.25) is 0 Å². The number of non-ortho nitro benzene ring substituents is 1. The standard InChI is InChI=1S/C9H7FN4O3S/c1-13-8(15)11-12-9(13)18-7-3-5(10)2-6(4-7)14(16)17/h2-4H,1H3,(H,11,15). The van der Waals surface area contributed by atoms with Crippen molar-refractivity contribution in [2.24, 2.45) is 7.05 Å². The Bertz CT molecular complexity index is 666. The molecule has 1 heterocycles. The third kappa shape index (κ3) is 2.40. The van der Waals surface area contributed by atoms with Gasteiger partial charge in [0.25, 0.3) is 5.69 Å². The van der Waals surface area contributed by atoms with Crippen LogP contribution < -0.4 is 5.69 Å². The number of benzene rings is 1. The highest BCUT2D eigenvalue weighted by Crippen LogP contribution is 2.28. The lowest BCUT2D eigenvalue weighted by molar-refractivity contribution is -0.385. The van der Waals surface area contributed by atoms with E-state index in [2.05, 4.69) is 10.2 Å². The minimum atomic E-state index is -0.716. The van der Waals surface area contributed by atoms with E-state index in [9.17, 15) is 19.3 Å². The fourth-order valence-electron chi connectivity index (χ4n) is 1.24. The molecule has 1 aromatic heterocycles. The van der Waals surface area contributed by atoms with E-state index in [4.69, 9.17) is 0 Å². The molecule has 0 spiro atoms. The van der Waals surface area contributed by atoms with Gasteiger partial charge in [-0.2, -0.15) is 0 Å². The molecule has 1 N–H and O–H groups in total. The number of nitrogens with zero attached hydrogens (tertiary/aromatic N) is 3. The largest absolute Gasteiger partial charge is 0.343 e. The number of rotatable bonds is 3. The summed E-state index contributed by atoms with van der Waals surface area (Å²) in [4.78, 5) is 21.3. The highest BCUT2D eigenvalue weighted by Gasteiger charge is 2.13. The van der Waals surface area contributed by atoms with Gasteiger partial charge in [0.1, 0.15) is 5.82 Å². The predicted molar refractivity (Wildman–Crippen MR) is 61.0 cm³/mol. The highest BCUT2D eigenvalue weighted by atomic mass is 32.2. The molecule has 18 heavy (non-hydrogen) atoms. The van der Waals surface area contributed by atoms with Gasteiger partial charge in [-0.25, -0.2) is 14.3 Å². The van der Waals surface area contributed by atoms with Crippen molar-refractivity contribution < 1.29 is 9.31 Å². The minimum absolute atomic E-state index is 0.292. The topological polar surface area (TPSA) is 93.8 Å².